The number of aromatic amines is 2. The fourth-order valence-corrected chi connectivity index (χ4v) is 2.18. The van der Waals surface area contributed by atoms with Crippen molar-refractivity contribution in [3.63, 3.8) is 0 Å². The van der Waals surface area contributed by atoms with Gasteiger partial charge in [0.1, 0.15) is 11.5 Å². The van der Waals surface area contributed by atoms with Gasteiger partial charge >= 0.3 is 0 Å². The Balaban J connectivity index is 2.24. The van der Waals surface area contributed by atoms with Crippen LogP contribution in [0.15, 0.2) is 24.5 Å². The van der Waals surface area contributed by atoms with E-state index in [4.69, 9.17) is 0 Å². The molecule has 0 amide bonds. The summed E-state index contributed by atoms with van der Waals surface area (Å²) in [7, 11) is 0. The Morgan fingerprint density at radius 1 is 0.818 bits per heavy atom. The summed E-state index contributed by atoms with van der Waals surface area (Å²) in [5, 5.41) is 32.8. The van der Waals surface area contributed by atoms with E-state index in [1.54, 1.807) is 0 Å². The molecule has 8 heteroatoms. The lowest BCUT2D eigenvalue weighted by atomic mass is 10.00. The molecule has 0 unspecified atom stereocenters. The van der Waals surface area contributed by atoms with Gasteiger partial charge in [0.15, 0.2) is 12.6 Å². The zero-order chi connectivity index (χ0) is 15.7. The molecule has 0 aliphatic rings. The highest BCUT2D eigenvalue weighted by Crippen LogP contribution is 2.39. The van der Waals surface area contributed by atoms with Gasteiger partial charge in [-0.3, -0.25) is 19.8 Å². The first-order chi connectivity index (χ1) is 10.7. The van der Waals surface area contributed by atoms with Crippen molar-refractivity contribution in [1.82, 2.24) is 20.4 Å². The number of nitrogens with zero attached hydrogens (tertiary/aromatic N) is 2. The van der Waals surface area contributed by atoms with Crippen LogP contribution in [0.4, 0.5) is 0 Å². The molecule has 0 saturated carbocycles. The second-order valence-electron chi connectivity index (χ2n) is 4.52. The van der Waals surface area contributed by atoms with Gasteiger partial charge < -0.3 is 10.2 Å². The number of aldehydes is 2. The number of H-pyrrole nitrogens is 2. The lowest BCUT2D eigenvalue weighted by molar-refractivity contribution is 0.111. The first-order valence-electron chi connectivity index (χ1n) is 6.19. The van der Waals surface area contributed by atoms with Crippen LogP contribution in [-0.4, -0.2) is 43.2 Å². The summed E-state index contributed by atoms with van der Waals surface area (Å²) in [5.74, 6) is -0.471. The second-order valence-corrected chi connectivity index (χ2v) is 4.52. The van der Waals surface area contributed by atoms with E-state index >= 15 is 0 Å². The Morgan fingerprint density at radius 2 is 1.27 bits per heavy atom. The summed E-state index contributed by atoms with van der Waals surface area (Å²) < 4.78 is 0. The fraction of sp³-hybridized carbons (Fsp3) is 0. The molecule has 3 aromatic rings. The third-order valence-electron chi connectivity index (χ3n) is 3.24. The van der Waals surface area contributed by atoms with Crippen molar-refractivity contribution in [2.75, 3.05) is 0 Å². The highest BCUT2D eigenvalue weighted by Gasteiger charge is 2.18. The molecule has 2 heterocycles. The third-order valence-corrected chi connectivity index (χ3v) is 3.24. The number of carbonyl (C=O) groups is 2. The normalized spacial score (nSPS) is 10.5. The zero-order valence-electron chi connectivity index (χ0n) is 11.1. The first-order valence-corrected chi connectivity index (χ1v) is 6.19. The number of aromatic hydroxyl groups is 2. The van der Waals surface area contributed by atoms with Gasteiger partial charge in [-0.1, -0.05) is 0 Å². The second kappa shape index (κ2) is 5.17. The Hall–Kier alpha value is -3.42. The van der Waals surface area contributed by atoms with Gasteiger partial charge in [0.2, 0.25) is 0 Å². The van der Waals surface area contributed by atoms with Crippen LogP contribution in [0.2, 0.25) is 0 Å². The predicted octanol–water partition coefficient (Wildman–Crippen LogP) is 1.50. The van der Waals surface area contributed by atoms with Crippen LogP contribution >= 0.6 is 0 Å². The summed E-state index contributed by atoms with van der Waals surface area (Å²) in [6.07, 6.45) is 3.83. The zero-order valence-corrected chi connectivity index (χ0v) is 11.1. The number of carbonyl (C=O) groups excluding carboxylic acids is 2. The van der Waals surface area contributed by atoms with Crippen LogP contribution in [0.3, 0.4) is 0 Å². The molecule has 0 aliphatic heterocycles. The summed E-state index contributed by atoms with van der Waals surface area (Å²) in [4.78, 5) is 22.0. The van der Waals surface area contributed by atoms with Crippen molar-refractivity contribution >= 4 is 12.6 Å². The van der Waals surface area contributed by atoms with Crippen molar-refractivity contribution in [2.24, 2.45) is 0 Å². The molecular formula is C14H10N4O4. The Kier molecular flexibility index (Phi) is 3.18. The molecule has 0 radical (unpaired) electrons. The maximum absolute atomic E-state index is 11.0. The van der Waals surface area contributed by atoms with Gasteiger partial charge in [-0.05, 0) is 6.07 Å². The van der Waals surface area contributed by atoms with Crippen LogP contribution in [0, 0.1) is 0 Å². The van der Waals surface area contributed by atoms with Gasteiger partial charge in [0.25, 0.3) is 0 Å². The molecule has 0 spiro atoms. The Morgan fingerprint density at radius 3 is 1.68 bits per heavy atom. The fourth-order valence-electron chi connectivity index (χ4n) is 2.18. The van der Waals surface area contributed by atoms with E-state index in [1.807, 2.05) is 0 Å². The molecule has 0 bridgehead atoms. The van der Waals surface area contributed by atoms with E-state index in [0.29, 0.717) is 24.0 Å². The lowest BCUT2D eigenvalue weighted by Crippen LogP contribution is -1.90. The van der Waals surface area contributed by atoms with Crippen LogP contribution < -0.4 is 0 Å². The van der Waals surface area contributed by atoms with Gasteiger partial charge in [-0.15, -0.1) is 0 Å². The summed E-state index contributed by atoms with van der Waals surface area (Å²) >= 11 is 0. The highest BCUT2D eigenvalue weighted by molar-refractivity contribution is 5.92. The van der Waals surface area contributed by atoms with E-state index in [9.17, 15) is 19.8 Å². The van der Waals surface area contributed by atoms with Crippen LogP contribution in [0.5, 0.6) is 11.5 Å². The molecular weight excluding hydrogens is 288 g/mol. The number of rotatable bonds is 4. The maximum atomic E-state index is 11.0. The van der Waals surface area contributed by atoms with Gasteiger partial charge in [-0.25, -0.2) is 0 Å². The molecule has 4 N–H and O–H groups in total. The summed E-state index contributed by atoms with van der Waals surface area (Å²) in [6, 6.07) is 2.56. The number of aromatic nitrogens is 4. The smallest absolute Gasteiger partial charge is 0.153 e. The molecule has 0 atom stereocenters. The molecule has 1 aromatic carbocycles. The van der Waals surface area contributed by atoms with Crippen molar-refractivity contribution in [3.8, 4) is 34.0 Å². The summed E-state index contributed by atoms with van der Waals surface area (Å²) in [5.41, 5.74) is 1.65. The molecule has 3 rings (SSSR count). The van der Waals surface area contributed by atoms with E-state index in [1.165, 1.54) is 18.5 Å². The molecule has 0 saturated heterocycles. The largest absolute Gasteiger partial charge is 0.507 e. The van der Waals surface area contributed by atoms with E-state index in [-0.39, 0.29) is 33.8 Å². The number of phenols is 2. The standard InChI is InChI=1S/C14H10N4O4/c19-5-7-3-15-17-13(7)9-1-10(12(22)2-11(9)21)14-8(6-20)4-16-18-14/h1-6,21-22H,(H,15,17)(H,16,18). The molecule has 8 nitrogen and oxygen atoms in total. The number of phenolic OH excluding ortho intramolecular Hbond substituents is 2. The number of benzene rings is 1. The molecule has 0 fully saturated rings. The quantitative estimate of drug-likeness (QED) is 0.540. The molecule has 22 heavy (non-hydrogen) atoms. The van der Waals surface area contributed by atoms with E-state index in [2.05, 4.69) is 20.4 Å². The monoisotopic (exact) mass is 298 g/mol. The Bertz CT molecular complexity index is 798. The van der Waals surface area contributed by atoms with Crippen LogP contribution in [0.25, 0.3) is 22.5 Å². The predicted molar refractivity (Wildman–Crippen MR) is 75.7 cm³/mol. The maximum Gasteiger partial charge on any atom is 0.153 e. The van der Waals surface area contributed by atoms with Crippen molar-refractivity contribution < 1.29 is 19.8 Å². The average molecular weight is 298 g/mol. The van der Waals surface area contributed by atoms with E-state index in [0.717, 1.165) is 6.07 Å². The van der Waals surface area contributed by atoms with Crippen molar-refractivity contribution in [2.45, 2.75) is 0 Å². The molecule has 2 aromatic heterocycles. The molecule has 0 aliphatic carbocycles. The highest BCUT2D eigenvalue weighted by atomic mass is 16.3. The van der Waals surface area contributed by atoms with Gasteiger partial charge in [0, 0.05) is 17.2 Å². The van der Waals surface area contributed by atoms with Crippen LogP contribution in [-0.2, 0) is 0 Å². The average Bonchev–Trinajstić information content (AvgIpc) is 3.15. The van der Waals surface area contributed by atoms with Gasteiger partial charge in [-0.2, -0.15) is 10.2 Å². The van der Waals surface area contributed by atoms with Crippen molar-refractivity contribution in [1.29, 1.82) is 0 Å². The van der Waals surface area contributed by atoms with Crippen LogP contribution in [0.1, 0.15) is 20.7 Å². The number of hydrogen-bond acceptors (Lipinski definition) is 6. The summed E-state index contributed by atoms with van der Waals surface area (Å²) in [6.45, 7) is 0. The Labute approximate surface area is 123 Å². The minimum Gasteiger partial charge on any atom is -0.507 e. The van der Waals surface area contributed by atoms with Crippen molar-refractivity contribution in [3.05, 3.63) is 35.7 Å². The lowest BCUT2D eigenvalue weighted by Gasteiger charge is -2.09. The first kappa shape index (κ1) is 13.6. The number of nitrogens with one attached hydrogen (secondary N) is 2. The topological polar surface area (TPSA) is 132 Å². The third kappa shape index (κ3) is 2.03. The SMILES string of the molecule is O=Cc1cn[nH]c1-c1cc(-c2[nH]ncc2C=O)c(O)cc1O. The van der Waals surface area contributed by atoms with E-state index < -0.39 is 0 Å². The minimum absolute atomic E-state index is 0.235. The van der Waals surface area contributed by atoms with Gasteiger partial charge in [0.05, 0.1) is 34.9 Å². The number of hydrogen-bond donors (Lipinski definition) is 4. The minimum atomic E-state index is -0.235. The molecule has 110 valence electrons.